The van der Waals surface area contributed by atoms with Crippen LogP contribution in [0.25, 0.3) is 0 Å². The third kappa shape index (κ3) is 19.9. The third-order valence-electron chi connectivity index (χ3n) is 9.34. The molecular weight excluding hydrogens is 961 g/mol. The molecule has 0 bridgehead atoms. The zero-order chi connectivity index (χ0) is 55.9. The van der Waals surface area contributed by atoms with E-state index in [0.29, 0.717) is 35.5 Å². The molecule has 0 fully saturated rings. The Morgan fingerprint density at radius 3 is 0.959 bits per heavy atom. The molecule has 0 radical (unpaired) electrons. The van der Waals surface area contributed by atoms with Crippen LogP contribution in [0.2, 0.25) is 0 Å². The molecule has 0 aliphatic carbocycles. The van der Waals surface area contributed by atoms with E-state index in [9.17, 15) is 59.7 Å². The molecule has 0 saturated carbocycles. The number of aryl methyl sites for hydroxylation is 4. The quantitative estimate of drug-likeness (QED) is 0.0241. The fourth-order valence-corrected chi connectivity index (χ4v) is 5.52. The molecule has 0 amide bonds. The first-order valence-corrected chi connectivity index (χ1v) is 22.3. The minimum Gasteiger partial charge on any atom is -0.504 e. The van der Waals surface area contributed by atoms with Crippen molar-refractivity contribution in [1.82, 2.24) is 0 Å². The highest BCUT2D eigenvalue weighted by atomic mass is 16.6. The Balaban J connectivity index is 0.000000457. The summed E-state index contributed by atoms with van der Waals surface area (Å²) in [5.74, 6) is -6.55. The van der Waals surface area contributed by atoms with E-state index in [1.54, 1.807) is 48.5 Å². The van der Waals surface area contributed by atoms with Gasteiger partial charge in [-0.25, -0.2) is 24.0 Å². The maximum absolute atomic E-state index is 11.5. The Kier molecular flexibility index (Phi) is 25.7. The lowest BCUT2D eigenvalue weighted by Crippen LogP contribution is -2.11. The van der Waals surface area contributed by atoms with Gasteiger partial charge in [0.2, 0.25) is 0 Å². The monoisotopic (exact) mass is 1020 g/mol. The molecule has 0 atom stereocenters. The molecule has 21 nitrogen and oxygen atoms in total. The number of carbonyl (C=O) groups excluding carboxylic acids is 5. The number of carbonyl (C=O) groups is 5. The van der Waals surface area contributed by atoms with Crippen molar-refractivity contribution in [2.75, 3.05) is 26.9 Å². The van der Waals surface area contributed by atoms with E-state index in [-0.39, 0.29) is 86.5 Å². The van der Waals surface area contributed by atoms with Crippen molar-refractivity contribution in [2.24, 2.45) is 0 Å². The number of esters is 5. The van der Waals surface area contributed by atoms with Crippen molar-refractivity contribution in [3.8, 4) is 63.2 Å². The van der Waals surface area contributed by atoms with E-state index in [1.165, 1.54) is 49.6 Å². The second-order valence-electron chi connectivity index (χ2n) is 15.8. The first-order valence-electron chi connectivity index (χ1n) is 22.3. The van der Waals surface area contributed by atoms with Gasteiger partial charge in [0, 0.05) is 0 Å². The van der Waals surface area contributed by atoms with Gasteiger partial charge in [0.1, 0.15) is 0 Å². The maximum Gasteiger partial charge on any atom is 0.338 e. The topological polar surface area (TPSA) is 354 Å². The molecule has 0 aromatic heterocycles. The van der Waals surface area contributed by atoms with Crippen LogP contribution >= 0.6 is 0 Å². The predicted molar refractivity (Wildman–Crippen MR) is 263 cm³/mol. The molecule has 5 rings (SSSR count). The van der Waals surface area contributed by atoms with E-state index < -0.39 is 47.1 Å². The van der Waals surface area contributed by atoms with Crippen molar-refractivity contribution in [2.45, 2.75) is 87.7 Å². The zero-order valence-corrected chi connectivity index (χ0v) is 42.1. The minimum atomic E-state index is -0.671. The van der Waals surface area contributed by atoms with Crippen LogP contribution in [0.4, 0.5) is 0 Å². The van der Waals surface area contributed by atoms with Gasteiger partial charge in [0.05, 0.1) is 60.9 Å². The van der Waals surface area contributed by atoms with E-state index in [4.69, 9.17) is 39.4 Å². The number of phenols is 11. The van der Waals surface area contributed by atoms with Crippen LogP contribution < -0.4 is 0 Å². The van der Waals surface area contributed by atoms with Crippen LogP contribution in [0, 0.1) is 27.7 Å². The van der Waals surface area contributed by atoms with Gasteiger partial charge < -0.3 is 79.9 Å². The molecule has 0 saturated heterocycles. The van der Waals surface area contributed by atoms with Gasteiger partial charge in [-0.3, -0.25) is 0 Å². The van der Waals surface area contributed by atoms with E-state index in [0.717, 1.165) is 37.5 Å². The van der Waals surface area contributed by atoms with Gasteiger partial charge in [0.25, 0.3) is 0 Å². The lowest BCUT2D eigenvalue weighted by Gasteiger charge is -2.09. The Hall–Kier alpha value is -8.75. The molecule has 0 unspecified atom stereocenters. The van der Waals surface area contributed by atoms with Gasteiger partial charge >= 0.3 is 29.8 Å². The normalized spacial score (nSPS) is 10.0. The lowest BCUT2D eigenvalue weighted by atomic mass is 10.1. The van der Waals surface area contributed by atoms with Crippen molar-refractivity contribution >= 4 is 29.8 Å². The number of hydrogen-bond acceptors (Lipinski definition) is 21. The van der Waals surface area contributed by atoms with E-state index in [1.807, 2.05) is 13.8 Å². The Morgan fingerprint density at radius 1 is 0.397 bits per heavy atom. The Morgan fingerprint density at radius 2 is 0.685 bits per heavy atom. The molecule has 398 valence electrons. The smallest absolute Gasteiger partial charge is 0.338 e. The molecule has 0 aliphatic rings. The van der Waals surface area contributed by atoms with Crippen molar-refractivity contribution in [3.63, 3.8) is 0 Å². The average Bonchev–Trinajstić information content (AvgIpc) is 3.33. The van der Waals surface area contributed by atoms with Crippen LogP contribution in [-0.2, 0) is 23.7 Å². The Labute approximate surface area is 421 Å². The molecule has 5 aromatic carbocycles. The first-order chi connectivity index (χ1) is 34.1. The van der Waals surface area contributed by atoms with Crippen molar-refractivity contribution in [1.29, 1.82) is 0 Å². The maximum atomic E-state index is 11.5. The number of unbranched alkanes of at least 4 members (excludes halogenated alkanes) is 1. The number of hydrogen-bond donors (Lipinski definition) is 11. The summed E-state index contributed by atoms with van der Waals surface area (Å²) in [5, 5.41) is 101. The number of benzene rings is 5. The third-order valence-corrected chi connectivity index (χ3v) is 9.34. The molecule has 0 aliphatic heterocycles. The molecular formula is C52H64O21. The molecule has 5 aromatic rings. The van der Waals surface area contributed by atoms with Crippen LogP contribution in [0.3, 0.4) is 0 Å². The summed E-state index contributed by atoms with van der Waals surface area (Å²) in [6, 6.07) is 12.7. The summed E-state index contributed by atoms with van der Waals surface area (Å²) in [5.41, 5.74) is 2.70. The van der Waals surface area contributed by atoms with Crippen LogP contribution in [-0.4, -0.2) is 119 Å². The molecule has 21 heteroatoms. The number of phenolic OH excluding ortho intramolecular Hbond substituents is 11. The summed E-state index contributed by atoms with van der Waals surface area (Å²) >= 11 is 0. The summed E-state index contributed by atoms with van der Waals surface area (Å²) < 4.78 is 23.9. The van der Waals surface area contributed by atoms with Gasteiger partial charge in [-0.15, -0.1) is 0 Å². The van der Waals surface area contributed by atoms with Crippen LogP contribution in [0.1, 0.15) is 128 Å². The predicted octanol–water partition coefficient (Wildman–Crippen LogP) is 8.48. The molecule has 0 spiro atoms. The van der Waals surface area contributed by atoms with Gasteiger partial charge in [-0.05, 0) is 144 Å². The fourth-order valence-electron chi connectivity index (χ4n) is 5.52. The summed E-state index contributed by atoms with van der Waals surface area (Å²) in [6.07, 6.45) is 2.21. The summed E-state index contributed by atoms with van der Waals surface area (Å²) in [6.45, 7) is 16.3. The molecule has 73 heavy (non-hydrogen) atoms. The van der Waals surface area contributed by atoms with Crippen molar-refractivity contribution in [3.05, 3.63) is 111 Å². The van der Waals surface area contributed by atoms with E-state index >= 15 is 0 Å². The van der Waals surface area contributed by atoms with Crippen LogP contribution in [0.5, 0.6) is 63.2 Å². The lowest BCUT2D eigenvalue weighted by molar-refractivity contribution is 0.0374. The minimum absolute atomic E-state index is 0.0171. The summed E-state index contributed by atoms with van der Waals surface area (Å²) in [7, 11) is 1.25. The largest absolute Gasteiger partial charge is 0.504 e. The number of aromatic hydroxyl groups is 11. The SMILES string of the molecule is CC(C)OC(=O)c1cc(O)c(O)c(O)c1.CCCCOC(=O)c1cc(C)c(O)c(O)c1.CCCOC(=O)c1cc(C)c(O)c(O)c1.CCOC(=O)c1cc(C)c(O)c(O)c1.COC(=O)c1cc(C)c(O)c(O)c1. The second kappa shape index (κ2) is 30.1. The molecule has 0 heterocycles. The standard InChI is InChI=1S/C12H16O4.C11H14O4.C10H12O5.C10H12O4.C9H10O4/c1-3-4-5-16-12(15)9-6-8(2)11(14)10(13)7-9;1-3-4-15-11(14)8-5-7(2)10(13)9(12)6-8;1-5(2)15-10(14)6-3-7(11)9(13)8(12)4-6;1-3-14-10(13)7-4-6(2)9(12)8(11)5-7;1-5-3-6(9(12)13-2)4-7(10)8(5)11/h6-7,13-14H,3-5H2,1-2H3;5-6,12-13H,3-4H2,1-2H3;3-5,11-13H,1-2H3;4-5,11-12H,3H2,1-2H3;3-4,10-11H,1-2H3. The van der Waals surface area contributed by atoms with Crippen molar-refractivity contribution < 1.29 is 104 Å². The number of rotatable bonds is 12. The summed E-state index contributed by atoms with van der Waals surface area (Å²) in [4.78, 5) is 56.5. The van der Waals surface area contributed by atoms with E-state index in [2.05, 4.69) is 4.74 Å². The highest BCUT2D eigenvalue weighted by molar-refractivity contribution is 5.93. The first kappa shape index (κ1) is 62.3. The zero-order valence-electron chi connectivity index (χ0n) is 42.1. The Bertz CT molecular complexity index is 2570. The molecule has 11 N–H and O–H groups in total. The van der Waals surface area contributed by atoms with Gasteiger partial charge in [-0.1, -0.05) is 20.3 Å². The highest BCUT2D eigenvalue weighted by Crippen LogP contribution is 2.36. The number of methoxy groups -OCH3 is 1. The highest BCUT2D eigenvalue weighted by Gasteiger charge is 2.17. The van der Waals surface area contributed by atoms with Gasteiger partial charge in [-0.2, -0.15) is 0 Å². The fraction of sp³-hybridized carbons (Fsp3) is 0.327. The second-order valence-corrected chi connectivity index (χ2v) is 15.8. The van der Waals surface area contributed by atoms with Gasteiger partial charge in [0.15, 0.2) is 63.2 Å². The average molecular weight is 1030 g/mol. The number of ether oxygens (including phenoxy) is 5. The van der Waals surface area contributed by atoms with Crippen LogP contribution in [0.15, 0.2) is 60.7 Å².